The third-order valence-corrected chi connectivity index (χ3v) is 7.99. The monoisotopic (exact) mass is 447 g/mol. The molecule has 0 unspecified atom stereocenters. The van der Waals surface area contributed by atoms with Crippen molar-refractivity contribution in [2.45, 2.75) is 11.4 Å². The van der Waals surface area contributed by atoms with Gasteiger partial charge in [0, 0.05) is 31.1 Å². The Balaban J connectivity index is 1.54. The molecule has 27 heavy (non-hydrogen) atoms. The van der Waals surface area contributed by atoms with Crippen LogP contribution in [0.2, 0.25) is 10.0 Å². The normalized spacial score (nSPS) is 16.4. The van der Waals surface area contributed by atoms with Crippen LogP contribution in [0.25, 0.3) is 0 Å². The number of carbonyl (C=O) groups is 1. The van der Waals surface area contributed by atoms with Gasteiger partial charge in [-0.3, -0.25) is 9.69 Å². The van der Waals surface area contributed by atoms with Gasteiger partial charge in [0.15, 0.2) is 0 Å². The molecule has 1 fully saturated rings. The summed E-state index contributed by atoms with van der Waals surface area (Å²) in [7, 11) is -3.77. The second-order valence-corrected chi connectivity index (χ2v) is 9.81. The fraction of sp³-hybridized carbons (Fsp3) is 0.353. The van der Waals surface area contributed by atoms with E-state index in [2.05, 4.69) is 5.32 Å². The molecule has 0 bridgehead atoms. The molecule has 0 spiro atoms. The number of carbonyl (C=O) groups excluding carboxylic acids is 1. The van der Waals surface area contributed by atoms with Crippen LogP contribution in [0.15, 0.2) is 40.6 Å². The SMILES string of the molecule is O=C(CN1CCN(S(=O)(=O)c2c(Cl)cccc2Cl)CC1)NCc1cccs1. The van der Waals surface area contributed by atoms with Crippen molar-refractivity contribution < 1.29 is 13.2 Å². The number of rotatable bonds is 6. The van der Waals surface area contributed by atoms with Crippen LogP contribution in [0.1, 0.15) is 4.88 Å². The van der Waals surface area contributed by atoms with Crippen LogP contribution in [-0.4, -0.2) is 56.3 Å². The van der Waals surface area contributed by atoms with Crippen molar-refractivity contribution in [3.05, 3.63) is 50.6 Å². The molecule has 3 rings (SSSR count). The summed E-state index contributed by atoms with van der Waals surface area (Å²) < 4.78 is 27.1. The van der Waals surface area contributed by atoms with Crippen LogP contribution >= 0.6 is 34.5 Å². The van der Waals surface area contributed by atoms with Gasteiger partial charge in [-0.1, -0.05) is 35.3 Å². The highest BCUT2D eigenvalue weighted by atomic mass is 35.5. The van der Waals surface area contributed by atoms with E-state index in [1.54, 1.807) is 17.4 Å². The number of hydrogen-bond acceptors (Lipinski definition) is 5. The van der Waals surface area contributed by atoms with Gasteiger partial charge in [0.2, 0.25) is 15.9 Å². The number of benzene rings is 1. The third kappa shape index (κ3) is 5.01. The second kappa shape index (κ2) is 8.89. The molecule has 146 valence electrons. The molecule has 1 aliphatic rings. The minimum absolute atomic E-state index is 0.0597. The van der Waals surface area contributed by atoms with Crippen LogP contribution in [0.5, 0.6) is 0 Å². The zero-order chi connectivity index (χ0) is 19.4. The number of nitrogens with one attached hydrogen (secondary N) is 1. The molecule has 2 aromatic rings. The molecule has 0 aliphatic carbocycles. The molecule has 0 saturated carbocycles. The van der Waals surface area contributed by atoms with Crippen molar-refractivity contribution in [1.82, 2.24) is 14.5 Å². The molecule has 1 amide bonds. The molecule has 2 heterocycles. The standard InChI is InChI=1S/C17H19Cl2N3O3S2/c18-14-4-1-5-15(19)17(14)27(24,25)22-8-6-21(7-9-22)12-16(23)20-11-13-3-2-10-26-13/h1-5,10H,6-9,11-12H2,(H,20,23). The van der Waals surface area contributed by atoms with Crippen LogP contribution in [-0.2, 0) is 21.4 Å². The van der Waals surface area contributed by atoms with E-state index in [-0.39, 0.29) is 40.5 Å². The van der Waals surface area contributed by atoms with E-state index in [0.29, 0.717) is 19.6 Å². The maximum absolute atomic E-state index is 12.9. The minimum atomic E-state index is -3.77. The van der Waals surface area contributed by atoms with E-state index < -0.39 is 10.0 Å². The number of sulfonamides is 1. The first-order valence-electron chi connectivity index (χ1n) is 8.33. The highest BCUT2D eigenvalue weighted by Crippen LogP contribution is 2.31. The second-order valence-electron chi connectivity index (χ2n) is 6.09. The summed E-state index contributed by atoms with van der Waals surface area (Å²) in [4.78, 5) is 15.0. The lowest BCUT2D eigenvalue weighted by Gasteiger charge is -2.33. The van der Waals surface area contributed by atoms with Gasteiger partial charge in [0.05, 0.1) is 23.1 Å². The van der Waals surface area contributed by atoms with Gasteiger partial charge >= 0.3 is 0 Å². The maximum Gasteiger partial charge on any atom is 0.246 e. The number of amides is 1. The Kier molecular flexibility index (Phi) is 6.78. The Morgan fingerprint density at radius 2 is 1.74 bits per heavy atom. The quantitative estimate of drug-likeness (QED) is 0.738. The summed E-state index contributed by atoms with van der Waals surface area (Å²) in [6, 6.07) is 8.53. The van der Waals surface area contributed by atoms with Crippen molar-refractivity contribution in [2.24, 2.45) is 0 Å². The summed E-state index contributed by atoms with van der Waals surface area (Å²) in [6.07, 6.45) is 0. The Hall–Kier alpha value is -1.16. The van der Waals surface area contributed by atoms with Crippen molar-refractivity contribution in [3.63, 3.8) is 0 Å². The molecule has 6 nitrogen and oxygen atoms in total. The predicted octanol–water partition coefficient (Wildman–Crippen LogP) is 2.68. The predicted molar refractivity (Wildman–Crippen MR) is 108 cm³/mol. The van der Waals surface area contributed by atoms with E-state index in [0.717, 1.165) is 4.88 Å². The van der Waals surface area contributed by atoms with Gasteiger partial charge in [-0.05, 0) is 23.6 Å². The molecule has 1 aromatic heterocycles. The average molecular weight is 448 g/mol. The Labute approximate surface area is 172 Å². The molecule has 0 atom stereocenters. The largest absolute Gasteiger partial charge is 0.350 e. The fourth-order valence-electron chi connectivity index (χ4n) is 2.84. The molecule has 1 aromatic carbocycles. The van der Waals surface area contributed by atoms with E-state index in [9.17, 15) is 13.2 Å². The molecule has 1 N–H and O–H groups in total. The smallest absolute Gasteiger partial charge is 0.246 e. The molecule has 1 aliphatic heterocycles. The number of thiophene rings is 1. The maximum atomic E-state index is 12.9. The van der Waals surface area contributed by atoms with Gasteiger partial charge < -0.3 is 5.32 Å². The first-order valence-corrected chi connectivity index (χ1v) is 11.4. The zero-order valence-corrected chi connectivity index (χ0v) is 17.5. The molecule has 10 heteroatoms. The van der Waals surface area contributed by atoms with Crippen LogP contribution in [0.3, 0.4) is 0 Å². The van der Waals surface area contributed by atoms with Crippen LogP contribution < -0.4 is 5.32 Å². The Bertz CT molecular complexity index is 876. The summed E-state index contributed by atoms with van der Waals surface area (Å²) in [5.41, 5.74) is 0. The van der Waals surface area contributed by atoms with Crippen molar-refractivity contribution in [1.29, 1.82) is 0 Å². The number of piperazine rings is 1. The van der Waals surface area contributed by atoms with Crippen molar-refractivity contribution >= 4 is 50.5 Å². The van der Waals surface area contributed by atoms with E-state index in [1.165, 1.54) is 16.4 Å². The highest BCUT2D eigenvalue weighted by Gasteiger charge is 2.32. The molecule has 1 saturated heterocycles. The Morgan fingerprint density at radius 1 is 1.07 bits per heavy atom. The van der Waals surface area contributed by atoms with Gasteiger partial charge in [-0.25, -0.2) is 8.42 Å². The summed E-state index contributed by atoms with van der Waals surface area (Å²) in [5, 5.41) is 5.06. The fourth-order valence-corrected chi connectivity index (χ4v) is 6.00. The van der Waals surface area contributed by atoms with E-state index >= 15 is 0 Å². The van der Waals surface area contributed by atoms with Crippen LogP contribution in [0.4, 0.5) is 0 Å². The average Bonchev–Trinajstić information content (AvgIpc) is 3.14. The van der Waals surface area contributed by atoms with Gasteiger partial charge in [0.25, 0.3) is 0 Å². The topological polar surface area (TPSA) is 69.7 Å². The number of hydrogen-bond donors (Lipinski definition) is 1. The lowest BCUT2D eigenvalue weighted by molar-refractivity contribution is -0.122. The lowest BCUT2D eigenvalue weighted by atomic mass is 10.3. The van der Waals surface area contributed by atoms with Gasteiger partial charge in [0.1, 0.15) is 4.90 Å². The molecular formula is C17H19Cl2N3O3S2. The first kappa shape index (κ1) is 20.6. The minimum Gasteiger partial charge on any atom is -0.350 e. The van der Waals surface area contributed by atoms with E-state index in [1.807, 2.05) is 22.4 Å². The number of nitrogens with zero attached hydrogens (tertiary/aromatic N) is 2. The zero-order valence-electron chi connectivity index (χ0n) is 14.4. The summed E-state index contributed by atoms with van der Waals surface area (Å²) in [5.74, 6) is -0.0751. The lowest BCUT2D eigenvalue weighted by Crippen LogP contribution is -2.51. The third-order valence-electron chi connectivity index (χ3n) is 4.26. The van der Waals surface area contributed by atoms with Crippen LogP contribution in [0, 0.1) is 0 Å². The summed E-state index contributed by atoms with van der Waals surface area (Å²) in [6.45, 7) is 2.24. The molecule has 0 radical (unpaired) electrons. The van der Waals surface area contributed by atoms with Crippen molar-refractivity contribution in [2.75, 3.05) is 32.7 Å². The van der Waals surface area contributed by atoms with E-state index in [4.69, 9.17) is 23.2 Å². The van der Waals surface area contributed by atoms with Crippen molar-refractivity contribution in [3.8, 4) is 0 Å². The first-order chi connectivity index (χ1) is 12.9. The molecular weight excluding hydrogens is 429 g/mol. The summed E-state index contributed by atoms with van der Waals surface area (Å²) >= 11 is 13.7. The number of halogens is 2. The van der Waals surface area contributed by atoms with Gasteiger partial charge in [-0.2, -0.15) is 4.31 Å². The highest BCUT2D eigenvalue weighted by molar-refractivity contribution is 7.89. The Morgan fingerprint density at radius 3 is 2.33 bits per heavy atom. The van der Waals surface area contributed by atoms with Gasteiger partial charge in [-0.15, -0.1) is 11.3 Å².